The molecule has 4 nitrogen and oxygen atoms in total. The monoisotopic (exact) mass is 374 g/mol. The lowest BCUT2D eigenvalue weighted by atomic mass is 9.78. The van der Waals surface area contributed by atoms with Crippen molar-refractivity contribution in [2.75, 3.05) is 36.0 Å². The predicted molar refractivity (Wildman–Crippen MR) is 112 cm³/mol. The van der Waals surface area contributed by atoms with Gasteiger partial charge in [0.2, 0.25) is 0 Å². The fraction of sp³-hybridized carbons (Fsp3) is 0.417. The van der Waals surface area contributed by atoms with Crippen molar-refractivity contribution in [3.63, 3.8) is 0 Å². The summed E-state index contributed by atoms with van der Waals surface area (Å²) in [5.74, 6) is 0.0440. The number of hydrogen-bond acceptors (Lipinski definition) is 4. The molecule has 0 N–H and O–H groups in total. The highest BCUT2D eigenvalue weighted by molar-refractivity contribution is 6.32. The van der Waals surface area contributed by atoms with Crippen LogP contribution in [0.5, 0.6) is 0 Å². The minimum Gasteiger partial charge on any atom is -0.371 e. The summed E-state index contributed by atoms with van der Waals surface area (Å²) >= 11 is 0. The second kappa shape index (κ2) is 6.47. The van der Waals surface area contributed by atoms with Crippen molar-refractivity contribution in [3.05, 3.63) is 57.6 Å². The Morgan fingerprint density at radius 2 is 0.929 bits per heavy atom. The molecule has 2 heterocycles. The van der Waals surface area contributed by atoms with Crippen LogP contribution in [0, 0.1) is 13.8 Å². The standard InChI is InChI=1S/C24H26N2O2/c1-15-7-8-16(2)20-19(15)23(27)21-17(25-11-3-4-12-25)9-10-18(22(21)24(20)28)26-13-5-6-14-26/h7-10H,3-6,11-14H2,1-2H3. The summed E-state index contributed by atoms with van der Waals surface area (Å²) in [6.07, 6.45) is 4.55. The van der Waals surface area contributed by atoms with Gasteiger partial charge in [-0.2, -0.15) is 0 Å². The zero-order valence-electron chi connectivity index (χ0n) is 16.7. The first-order valence-corrected chi connectivity index (χ1v) is 10.4. The molecule has 0 radical (unpaired) electrons. The summed E-state index contributed by atoms with van der Waals surface area (Å²) in [5.41, 5.74) is 6.16. The van der Waals surface area contributed by atoms with Crippen LogP contribution in [0.1, 0.15) is 68.7 Å². The van der Waals surface area contributed by atoms with E-state index in [4.69, 9.17) is 0 Å². The van der Waals surface area contributed by atoms with E-state index >= 15 is 0 Å². The maximum absolute atomic E-state index is 13.8. The number of benzene rings is 2. The Hall–Kier alpha value is -2.62. The molecule has 2 aromatic carbocycles. The number of nitrogens with zero attached hydrogens (tertiary/aromatic N) is 2. The van der Waals surface area contributed by atoms with Crippen molar-refractivity contribution < 1.29 is 9.59 Å². The SMILES string of the molecule is Cc1ccc(C)c2c1C(=O)c1c(N3CCCC3)ccc(N3CCCC3)c1C2=O. The third kappa shape index (κ3) is 2.43. The fourth-order valence-electron chi connectivity index (χ4n) is 5.13. The molecule has 2 fully saturated rings. The lowest BCUT2D eigenvalue weighted by molar-refractivity contribution is 0.0978. The van der Waals surface area contributed by atoms with Crippen LogP contribution < -0.4 is 9.80 Å². The number of carbonyl (C=O) groups is 2. The summed E-state index contributed by atoms with van der Waals surface area (Å²) in [6.45, 7) is 7.70. The Morgan fingerprint density at radius 1 is 0.571 bits per heavy atom. The van der Waals surface area contributed by atoms with Gasteiger partial charge in [0.05, 0.1) is 11.1 Å². The van der Waals surface area contributed by atoms with Gasteiger partial charge in [-0.3, -0.25) is 9.59 Å². The quantitative estimate of drug-likeness (QED) is 0.671. The van der Waals surface area contributed by atoms with Gasteiger partial charge < -0.3 is 9.80 Å². The first-order chi connectivity index (χ1) is 13.6. The molecular formula is C24H26N2O2. The van der Waals surface area contributed by atoms with Crippen molar-refractivity contribution in [1.82, 2.24) is 0 Å². The van der Waals surface area contributed by atoms with Gasteiger partial charge in [-0.05, 0) is 62.8 Å². The summed E-state index contributed by atoms with van der Waals surface area (Å²) in [6, 6.07) is 8.09. The second-order valence-electron chi connectivity index (χ2n) is 8.35. The van der Waals surface area contributed by atoms with Crippen LogP contribution in [-0.2, 0) is 0 Å². The van der Waals surface area contributed by atoms with Crippen LogP contribution in [0.4, 0.5) is 11.4 Å². The Balaban J connectivity index is 1.79. The zero-order chi connectivity index (χ0) is 19.4. The van der Waals surface area contributed by atoms with E-state index in [2.05, 4.69) is 21.9 Å². The second-order valence-corrected chi connectivity index (χ2v) is 8.35. The van der Waals surface area contributed by atoms with Crippen LogP contribution in [0.2, 0.25) is 0 Å². The lowest BCUT2D eigenvalue weighted by Crippen LogP contribution is -2.31. The minimum atomic E-state index is 0.0220. The molecule has 0 bridgehead atoms. The molecule has 5 rings (SSSR count). The Labute approximate surface area is 166 Å². The summed E-state index contributed by atoms with van der Waals surface area (Å²) in [4.78, 5) is 32.1. The van der Waals surface area contributed by atoms with Gasteiger partial charge >= 0.3 is 0 Å². The number of ketones is 2. The molecule has 28 heavy (non-hydrogen) atoms. The molecule has 1 aliphatic carbocycles. The summed E-state index contributed by atoms with van der Waals surface area (Å²) in [5, 5.41) is 0. The number of fused-ring (bicyclic) bond motifs is 2. The van der Waals surface area contributed by atoms with Gasteiger partial charge in [0.15, 0.2) is 11.6 Å². The van der Waals surface area contributed by atoms with Gasteiger partial charge in [0.25, 0.3) is 0 Å². The highest BCUT2D eigenvalue weighted by Crippen LogP contribution is 2.42. The highest BCUT2D eigenvalue weighted by Gasteiger charge is 2.38. The number of carbonyl (C=O) groups excluding carboxylic acids is 2. The number of anilines is 2. The molecular weight excluding hydrogens is 348 g/mol. The Bertz CT molecular complexity index is 916. The van der Waals surface area contributed by atoms with E-state index in [1.807, 2.05) is 26.0 Å². The fourth-order valence-corrected chi connectivity index (χ4v) is 5.13. The molecule has 0 spiro atoms. The van der Waals surface area contributed by atoms with Crippen molar-refractivity contribution in [1.29, 1.82) is 0 Å². The molecule has 3 aliphatic rings. The first kappa shape index (κ1) is 17.5. The number of aryl methyl sites for hydroxylation is 2. The van der Waals surface area contributed by atoms with Gasteiger partial charge in [0, 0.05) is 48.7 Å². The van der Waals surface area contributed by atoms with Gasteiger partial charge in [-0.1, -0.05) is 12.1 Å². The minimum absolute atomic E-state index is 0.0220. The number of hydrogen-bond donors (Lipinski definition) is 0. The van der Waals surface area contributed by atoms with E-state index in [1.165, 1.54) is 0 Å². The van der Waals surface area contributed by atoms with E-state index in [0.29, 0.717) is 22.3 Å². The van der Waals surface area contributed by atoms with E-state index in [9.17, 15) is 9.59 Å². The maximum Gasteiger partial charge on any atom is 0.196 e. The first-order valence-electron chi connectivity index (χ1n) is 10.4. The molecule has 0 unspecified atom stereocenters. The van der Waals surface area contributed by atoms with E-state index < -0.39 is 0 Å². The normalized spacial score (nSPS) is 18.6. The molecule has 2 aromatic rings. The van der Waals surface area contributed by atoms with Crippen LogP contribution in [0.25, 0.3) is 0 Å². The van der Waals surface area contributed by atoms with Gasteiger partial charge in [0.1, 0.15) is 0 Å². The third-order valence-electron chi connectivity index (χ3n) is 6.59. The molecule has 0 amide bonds. The molecule has 0 atom stereocenters. The average molecular weight is 374 g/mol. The van der Waals surface area contributed by atoms with Crippen LogP contribution in [-0.4, -0.2) is 37.7 Å². The Morgan fingerprint density at radius 3 is 1.29 bits per heavy atom. The van der Waals surface area contributed by atoms with Crippen molar-refractivity contribution >= 4 is 22.9 Å². The predicted octanol–water partition coefficient (Wildman–Crippen LogP) is 4.28. The molecule has 4 heteroatoms. The molecule has 2 aliphatic heterocycles. The van der Waals surface area contributed by atoms with Crippen molar-refractivity contribution in [2.24, 2.45) is 0 Å². The van der Waals surface area contributed by atoms with Gasteiger partial charge in [-0.15, -0.1) is 0 Å². The smallest absolute Gasteiger partial charge is 0.196 e. The average Bonchev–Trinajstić information content (AvgIpc) is 3.40. The Kier molecular flexibility index (Phi) is 4.04. The summed E-state index contributed by atoms with van der Waals surface area (Å²) in [7, 11) is 0. The van der Waals surface area contributed by atoms with Gasteiger partial charge in [-0.25, -0.2) is 0 Å². The zero-order valence-corrected chi connectivity index (χ0v) is 16.7. The maximum atomic E-state index is 13.8. The van der Waals surface area contributed by atoms with E-state index in [-0.39, 0.29) is 11.6 Å². The molecule has 144 valence electrons. The summed E-state index contributed by atoms with van der Waals surface area (Å²) < 4.78 is 0. The highest BCUT2D eigenvalue weighted by atomic mass is 16.1. The largest absolute Gasteiger partial charge is 0.371 e. The third-order valence-corrected chi connectivity index (χ3v) is 6.59. The van der Waals surface area contributed by atoms with E-state index in [0.717, 1.165) is 74.4 Å². The van der Waals surface area contributed by atoms with Crippen molar-refractivity contribution in [2.45, 2.75) is 39.5 Å². The van der Waals surface area contributed by atoms with Crippen LogP contribution >= 0.6 is 0 Å². The lowest BCUT2D eigenvalue weighted by Gasteiger charge is -2.31. The van der Waals surface area contributed by atoms with Crippen molar-refractivity contribution in [3.8, 4) is 0 Å². The topological polar surface area (TPSA) is 40.6 Å². The molecule has 2 saturated heterocycles. The molecule has 0 saturated carbocycles. The van der Waals surface area contributed by atoms with Crippen LogP contribution in [0.3, 0.4) is 0 Å². The van der Waals surface area contributed by atoms with Crippen LogP contribution in [0.15, 0.2) is 24.3 Å². The van der Waals surface area contributed by atoms with E-state index in [1.54, 1.807) is 0 Å². The number of rotatable bonds is 2. The molecule has 0 aromatic heterocycles.